The van der Waals surface area contributed by atoms with Crippen LogP contribution in [-0.4, -0.2) is 58.7 Å². The Hall–Kier alpha value is -1.81. The molecule has 29 heavy (non-hydrogen) atoms. The topological polar surface area (TPSA) is 151 Å². The van der Waals surface area contributed by atoms with Crippen LogP contribution in [0.2, 0.25) is 0 Å². The molecule has 0 aliphatic heterocycles. The number of amides is 3. The molecule has 0 saturated heterocycles. The van der Waals surface area contributed by atoms with E-state index in [4.69, 9.17) is 10.8 Å². The van der Waals surface area contributed by atoms with E-state index in [1.165, 1.54) is 0 Å². The van der Waals surface area contributed by atoms with E-state index in [9.17, 15) is 19.2 Å². The van der Waals surface area contributed by atoms with Crippen LogP contribution in [0.5, 0.6) is 0 Å². The Kier molecular flexibility index (Phi) is 11.9. The molecule has 0 heterocycles. The van der Waals surface area contributed by atoms with Gasteiger partial charge in [-0.25, -0.2) is 4.79 Å². The van der Waals surface area contributed by atoms with E-state index in [1.807, 2.05) is 13.8 Å². The van der Waals surface area contributed by atoms with Gasteiger partial charge in [-0.15, -0.1) is 0 Å². The second-order valence-corrected chi connectivity index (χ2v) is 8.64. The molecule has 0 aromatic carbocycles. The highest BCUT2D eigenvalue weighted by molar-refractivity contribution is 7.80. The van der Waals surface area contributed by atoms with Crippen LogP contribution in [0, 0.1) is 17.8 Å². The van der Waals surface area contributed by atoms with E-state index in [-0.39, 0.29) is 23.5 Å². The summed E-state index contributed by atoms with van der Waals surface area (Å²) in [5, 5.41) is 16.8. The molecule has 0 bridgehead atoms. The van der Waals surface area contributed by atoms with Crippen LogP contribution in [0.25, 0.3) is 0 Å². The minimum atomic E-state index is -1.21. The highest BCUT2D eigenvalue weighted by Gasteiger charge is 2.32. The lowest BCUT2D eigenvalue weighted by atomic mass is 9.98. The third kappa shape index (κ3) is 9.49. The van der Waals surface area contributed by atoms with Crippen molar-refractivity contribution in [2.45, 2.75) is 72.1 Å². The first-order chi connectivity index (χ1) is 13.3. The van der Waals surface area contributed by atoms with Gasteiger partial charge in [-0.05, 0) is 24.2 Å². The molecule has 0 aliphatic carbocycles. The Morgan fingerprint density at radius 2 is 1.34 bits per heavy atom. The van der Waals surface area contributed by atoms with Crippen molar-refractivity contribution in [3.8, 4) is 0 Å². The molecule has 0 radical (unpaired) electrons. The summed E-state index contributed by atoms with van der Waals surface area (Å²) >= 11 is 3.93. The number of carboxylic acids is 1. The number of hydrogen-bond donors (Lipinski definition) is 6. The fraction of sp³-hybridized carbons (Fsp3) is 0.789. The van der Waals surface area contributed by atoms with E-state index in [0.29, 0.717) is 6.42 Å². The molecule has 0 spiro atoms. The monoisotopic (exact) mass is 432 g/mol. The van der Waals surface area contributed by atoms with Crippen molar-refractivity contribution in [3.63, 3.8) is 0 Å². The minimum Gasteiger partial charge on any atom is -0.480 e. The van der Waals surface area contributed by atoms with Crippen molar-refractivity contribution >= 4 is 36.3 Å². The average Bonchev–Trinajstić information content (AvgIpc) is 2.61. The number of rotatable bonds is 12. The number of carboxylic acid groups (broad SMARTS) is 1. The van der Waals surface area contributed by atoms with Crippen LogP contribution in [0.4, 0.5) is 0 Å². The van der Waals surface area contributed by atoms with Crippen molar-refractivity contribution in [1.29, 1.82) is 0 Å². The summed E-state index contributed by atoms with van der Waals surface area (Å²) in [4.78, 5) is 48.8. The van der Waals surface area contributed by atoms with Crippen LogP contribution in [-0.2, 0) is 19.2 Å². The quantitative estimate of drug-likeness (QED) is 0.241. The van der Waals surface area contributed by atoms with Gasteiger partial charge in [0.05, 0.1) is 6.04 Å². The Bertz CT molecular complexity index is 583. The Morgan fingerprint density at radius 3 is 1.72 bits per heavy atom. The molecule has 0 rings (SSSR count). The molecular weight excluding hydrogens is 396 g/mol. The Labute approximate surface area is 178 Å². The largest absolute Gasteiger partial charge is 0.480 e. The van der Waals surface area contributed by atoms with Gasteiger partial charge in [0.25, 0.3) is 0 Å². The molecule has 3 amide bonds. The van der Waals surface area contributed by atoms with Gasteiger partial charge >= 0.3 is 5.97 Å². The third-order valence-electron chi connectivity index (χ3n) is 4.41. The first kappa shape index (κ1) is 27.2. The molecule has 0 fully saturated rings. The fourth-order valence-corrected chi connectivity index (χ4v) is 2.76. The van der Waals surface area contributed by atoms with Crippen molar-refractivity contribution < 1.29 is 24.3 Å². The van der Waals surface area contributed by atoms with E-state index in [2.05, 4.69) is 28.6 Å². The van der Waals surface area contributed by atoms with Crippen LogP contribution >= 0.6 is 12.6 Å². The van der Waals surface area contributed by atoms with E-state index >= 15 is 0 Å². The first-order valence-electron chi connectivity index (χ1n) is 9.82. The number of hydrogen-bond acceptors (Lipinski definition) is 6. The standard InChI is InChI=1S/C19H36N4O5S/c1-9(2)7-12(16(24)22-13(8-29)19(27)28)21-18(26)15(11(5)6)23-17(25)14(20)10(3)4/h9-15,29H,7-8,20H2,1-6H3,(H,21,26)(H,22,24)(H,23,25)(H,27,28). The van der Waals surface area contributed by atoms with Gasteiger partial charge in [-0.2, -0.15) is 12.6 Å². The van der Waals surface area contributed by atoms with Gasteiger partial charge in [0.2, 0.25) is 17.7 Å². The van der Waals surface area contributed by atoms with Crippen molar-refractivity contribution in [2.75, 3.05) is 5.75 Å². The zero-order valence-corrected chi connectivity index (χ0v) is 19.0. The van der Waals surface area contributed by atoms with Crippen LogP contribution in [0.3, 0.4) is 0 Å². The molecular formula is C19H36N4O5S. The summed E-state index contributed by atoms with van der Waals surface area (Å²) in [6, 6.07) is -3.75. The van der Waals surface area contributed by atoms with Gasteiger partial charge < -0.3 is 26.8 Å². The van der Waals surface area contributed by atoms with Crippen molar-refractivity contribution in [2.24, 2.45) is 23.5 Å². The van der Waals surface area contributed by atoms with E-state index in [1.54, 1.807) is 27.7 Å². The maximum Gasteiger partial charge on any atom is 0.327 e. The predicted molar refractivity (Wildman–Crippen MR) is 114 cm³/mol. The smallest absolute Gasteiger partial charge is 0.327 e. The van der Waals surface area contributed by atoms with Crippen molar-refractivity contribution in [3.05, 3.63) is 0 Å². The highest BCUT2D eigenvalue weighted by atomic mass is 32.1. The molecule has 0 saturated carbocycles. The summed E-state index contributed by atoms with van der Waals surface area (Å²) in [5.41, 5.74) is 5.85. The molecule has 0 aromatic rings. The predicted octanol–water partition coefficient (Wildman–Crippen LogP) is 0.141. The van der Waals surface area contributed by atoms with Gasteiger partial charge in [-0.3, -0.25) is 14.4 Å². The van der Waals surface area contributed by atoms with E-state index in [0.717, 1.165) is 0 Å². The molecule has 0 aromatic heterocycles. The fourth-order valence-electron chi connectivity index (χ4n) is 2.51. The number of thiol groups is 1. The van der Waals surface area contributed by atoms with Gasteiger partial charge in [-0.1, -0.05) is 41.5 Å². The summed E-state index contributed by atoms with van der Waals surface area (Å²) in [5.74, 6) is -3.15. The Balaban J connectivity index is 5.36. The average molecular weight is 433 g/mol. The van der Waals surface area contributed by atoms with Gasteiger partial charge in [0, 0.05) is 5.75 Å². The molecule has 10 heteroatoms. The van der Waals surface area contributed by atoms with E-state index < -0.39 is 47.9 Å². The number of aliphatic carboxylic acids is 1. The third-order valence-corrected chi connectivity index (χ3v) is 4.77. The summed E-state index contributed by atoms with van der Waals surface area (Å²) in [7, 11) is 0. The maximum atomic E-state index is 12.8. The summed E-state index contributed by atoms with van der Waals surface area (Å²) < 4.78 is 0. The lowest BCUT2D eigenvalue weighted by Gasteiger charge is -2.28. The number of carbonyl (C=O) groups is 4. The zero-order chi connectivity index (χ0) is 22.9. The van der Waals surface area contributed by atoms with Crippen LogP contribution in [0.15, 0.2) is 0 Å². The number of nitrogens with one attached hydrogen (secondary N) is 3. The SMILES string of the molecule is CC(C)CC(NC(=O)C(NC(=O)C(N)C(C)C)C(C)C)C(=O)NC(CS)C(=O)O. The molecule has 0 aliphatic rings. The summed E-state index contributed by atoms with van der Waals surface area (Å²) in [6.45, 7) is 10.9. The molecule has 168 valence electrons. The zero-order valence-electron chi connectivity index (χ0n) is 18.1. The molecule has 6 N–H and O–H groups in total. The first-order valence-corrected chi connectivity index (χ1v) is 10.4. The molecule has 9 nitrogen and oxygen atoms in total. The number of nitrogens with two attached hydrogens (primary N) is 1. The van der Waals surface area contributed by atoms with Crippen LogP contribution in [0.1, 0.15) is 48.0 Å². The lowest BCUT2D eigenvalue weighted by molar-refractivity contribution is -0.141. The molecule has 4 atom stereocenters. The maximum absolute atomic E-state index is 12.8. The number of carbonyl (C=O) groups excluding carboxylic acids is 3. The van der Waals surface area contributed by atoms with Gasteiger partial charge in [0.1, 0.15) is 18.1 Å². The summed E-state index contributed by atoms with van der Waals surface area (Å²) in [6.07, 6.45) is 0.306. The highest BCUT2D eigenvalue weighted by Crippen LogP contribution is 2.09. The second-order valence-electron chi connectivity index (χ2n) is 8.27. The van der Waals surface area contributed by atoms with Gasteiger partial charge in [0.15, 0.2) is 0 Å². The second kappa shape index (κ2) is 12.7. The minimum absolute atomic E-state index is 0.0618. The Morgan fingerprint density at radius 1 is 0.828 bits per heavy atom. The normalized spacial score (nSPS) is 15.6. The van der Waals surface area contributed by atoms with Crippen molar-refractivity contribution in [1.82, 2.24) is 16.0 Å². The molecule has 4 unspecified atom stereocenters. The van der Waals surface area contributed by atoms with Crippen LogP contribution < -0.4 is 21.7 Å². The lowest BCUT2D eigenvalue weighted by Crippen LogP contribution is -2.59.